The van der Waals surface area contributed by atoms with E-state index in [1.165, 1.54) is 41.9 Å². The summed E-state index contributed by atoms with van der Waals surface area (Å²) in [5, 5.41) is 8.59. The number of carbonyl (C=O) groups excluding carboxylic acids is 1. The molecule has 26 heavy (non-hydrogen) atoms. The number of hydroxylamine groups is 1. The van der Waals surface area contributed by atoms with Crippen LogP contribution in [0.25, 0.3) is 6.08 Å². The number of benzene rings is 2. The third kappa shape index (κ3) is 6.19. The zero-order chi connectivity index (χ0) is 18.9. The molecule has 0 heterocycles. The van der Waals surface area contributed by atoms with Crippen molar-refractivity contribution in [3.8, 4) is 17.2 Å². The van der Waals surface area contributed by atoms with Crippen molar-refractivity contribution in [1.29, 1.82) is 0 Å². The molecule has 1 amide bonds. The molecule has 0 fully saturated rings. The molecule has 2 aromatic carbocycles. The highest BCUT2D eigenvalue weighted by atomic mass is 19.1. The minimum Gasteiger partial charge on any atom is -0.492 e. The van der Waals surface area contributed by atoms with E-state index in [-0.39, 0.29) is 5.82 Å². The van der Waals surface area contributed by atoms with Crippen LogP contribution in [0.5, 0.6) is 17.2 Å². The molecule has 0 aliphatic heterocycles. The van der Waals surface area contributed by atoms with Gasteiger partial charge in [-0.2, -0.15) is 0 Å². The van der Waals surface area contributed by atoms with Gasteiger partial charge < -0.3 is 14.4 Å². The third-order valence-corrected chi connectivity index (χ3v) is 3.36. The number of nitrogens with zero attached hydrogens (tertiary/aromatic N) is 1. The van der Waals surface area contributed by atoms with Gasteiger partial charge in [0.2, 0.25) is 0 Å². The molecular formula is C19H21FN2O4. The second-order valence-electron chi connectivity index (χ2n) is 5.72. The van der Waals surface area contributed by atoms with Crippen LogP contribution in [0.4, 0.5) is 4.39 Å². The molecule has 0 atom stereocenters. The first-order chi connectivity index (χ1) is 12.5. The first kappa shape index (κ1) is 19.4. The van der Waals surface area contributed by atoms with Gasteiger partial charge in [0.05, 0.1) is 0 Å². The Hall–Kier alpha value is -2.90. The Kier molecular flexibility index (Phi) is 7.13. The molecule has 0 unspecified atom stereocenters. The number of rotatable bonds is 8. The van der Waals surface area contributed by atoms with Crippen molar-refractivity contribution in [2.45, 2.75) is 0 Å². The second-order valence-corrected chi connectivity index (χ2v) is 5.72. The fourth-order valence-electron chi connectivity index (χ4n) is 2.01. The van der Waals surface area contributed by atoms with Gasteiger partial charge in [-0.1, -0.05) is 0 Å². The van der Waals surface area contributed by atoms with E-state index in [9.17, 15) is 9.18 Å². The van der Waals surface area contributed by atoms with Gasteiger partial charge in [0.15, 0.2) is 0 Å². The largest absolute Gasteiger partial charge is 0.492 e. The van der Waals surface area contributed by atoms with Crippen molar-refractivity contribution >= 4 is 12.0 Å². The van der Waals surface area contributed by atoms with Crippen molar-refractivity contribution in [3.63, 3.8) is 0 Å². The predicted molar refractivity (Wildman–Crippen MR) is 95.9 cm³/mol. The maximum absolute atomic E-state index is 13.1. The lowest BCUT2D eigenvalue weighted by Gasteiger charge is -2.14. The van der Waals surface area contributed by atoms with Gasteiger partial charge in [0.1, 0.15) is 29.7 Å². The second kappa shape index (κ2) is 9.55. The molecule has 2 rings (SSSR count). The summed E-state index contributed by atoms with van der Waals surface area (Å²) in [6.45, 7) is 1.26. The topological polar surface area (TPSA) is 71.0 Å². The molecular weight excluding hydrogens is 339 g/mol. The number of ether oxygens (including phenoxy) is 2. The average Bonchev–Trinajstić information content (AvgIpc) is 2.62. The van der Waals surface area contributed by atoms with E-state index in [1.54, 1.807) is 18.2 Å². The molecule has 0 saturated carbocycles. The van der Waals surface area contributed by atoms with Crippen LogP contribution in [0.1, 0.15) is 5.56 Å². The smallest absolute Gasteiger partial charge is 0.267 e. The third-order valence-electron chi connectivity index (χ3n) is 3.36. The average molecular weight is 360 g/mol. The van der Waals surface area contributed by atoms with E-state index in [0.29, 0.717) is 29.4 Å². The van der Waals surface area contributed by atoms with E-state index in [4.69, 9.17) is 14.7 Å². The van der Waals surface area contributed by atoms with Crippen LogP contribution in [0.3, 0.4) is 0 Å². The summed E-state index contributed by atoms with van der Waals surface area (Å²) in [6.07, 6.45) is 2.66. The number of carbonyl (C=O) groups is 1. The standard InChI is InChI=1S/C19H21FN2O4/c1-22(2)11-12-25-17-7-3-14(4-10-19(23)21-24)18(13-17)26-16-8-5-15(20)6-9-16/h3-10,13,24H,11-12H2,1-2H3,(H,21,23). The fourth-order valence-corrected chi connectivity index (χ4v) is 2.01. The molecule has 7 heteroatoms. The van der Waals surface area contributed by atoms with Crippen LogP contribution in [-0.4, -0.2) is 43.3 Å². The quantitative estimate of drug-likeness (QED) is 0.430. The van der Waals surface area contributed by atoms with E-state index in [1.807, 2.05) is 19.0 Å². The summed E-state index contributed by atoms with van der Waals surface area (Å²) in [7, 11) is 3.90. The summed E-state index contributed by atoms with van der Waals surface area (Å²) < 4.78 is 24.6. The Morgan fingerprint density at radius 3 is 2.54 bits per heavy atom. The number of hydrogen-bond acceptors (Lipinski definition) is 5. The number of nitrogens with one attached hydrogen (secondary N) is 1. The van der Waals surface area contributed by atoms with Crippen LogP contribution in [-0.2, 0) is 4.79 Å². The molecule has 6 nitrogen and oxygen atoms in total. The van der Waals surface area contributed by atoms with Gasteiger partial charge in [0, 0.05) is 24.3 Å². The Labute approximate surface area is 151 Å². The van der Waals surface area contributed by atoms with E-state index in [0.717, 1.165) is 6.54 Å². The first-order valence-electron chi connectivity index (χ1n) is 7.95. The highest BCUT2D eigenvalue weighted by Crippen LogP contribution is 2.30. The predicted octanol–water partition coefficient (Wildman–Crippen LogP) is 3.08. The maximum Gasteiger partial charge on any atom is 0.267 e. The molecule has 0 aromatic heterocycles. The summed E-state index contributed by atoms with van der Waals surface area (Å²) in [5.41, 5.74) is 2.12. The van der Waals surface area contributed by atoms with Crippen LogP contribution in [0.15, 0.2) is 48.5 Å². The van der Waals surface area contributed by atoms with E-state index in [2.05, 4.69) is 0 Å². The van der Waals surface area contributed by atoms with Crippen molar-refractivity contribution in [3.05, 3.63) is 59.9 Å². The summed E-state index contributed by atoms with van der Waals surface area (Å²) in [6, 6.07) is 10.8. The lowest BCUT2D eigenvalue weighted by atomic mass is 10.1. The lowest BCUT2D eigenvalue weighted by molar-refractivity contribution is -0.124. The fraction of sp³-hybridized carbons (Fsp3) is 0.211. The summed E-state index contributed by atoms with van der Waals surface area (Å²) in [5.74, 6) is 0.452. The van der Waals surface area contributed by atoms with Crippen molar-refractivity contribution in [2.75, 3.05) is 27.2 Å². The summed E-state index contributed by atoms with van der Waals surface area (Å²) >= 11 is 0. The Morgan fingerprint density at radius 2 is 1.88 bits per heavy atom. The van der Waals surface area contributed by atoms with Crippen LogP contribution < -0.4 is 15.0 Å². The first-order valence-corrected chi connectivity index (χ1v) is 7.95. The monoisotopic (exact) mass is 360 g/mol. The van der Waals surface area contributed by atoms with Crippen LogP contribution in [0, 0.1) is 5.82 Å². The van der Waals surface area contributed by atoms with Gasteiger partial charge in [-0.3, -0.25) is 10.0 Å². The Balaban J connectivity index is 2.23. The van der Waals surface area contributed by atoms with Gasteiger partial charge >= 0.3 is 0 Å². The number of hydrogen-bond donors (Lipinski definition) is 2. The van der Waals surface area contributed by atoms with E-state index < -0.39 is 5.91 Å². The molecule has 0 saturated heterocycles. The number of amides is 1. The SMILES string of the molecule is CN(C)CCOc1ccc(C=CC(=O)NO)c(Oc2ccc(F)cc2)c1. The van der Waals surface area contributed by atoms with Gasteiger partial charge in [-0.15, -0.1) is 0 Å². The molecule has 0 aliphatic rings. The molecule has 2 aromatic rings. The minimum atomic E-state index is -0.663. The Bertz CT molecular complexity index is 761. The zero-order valence-electron chi connectivity index (χ0n) is 14.6. The van der Waals surface area contributed by atoms with Gasteiger partial charge in [-0.25, -0.2) is 9.87 Å². The zero-order valence-corrected chi connectivity index (χ0v) is 14.6. The van der Waals surface area contributed by atoms with Crippen molar-refractivity contribution in [2.24, 2.45) is 0 Å². The van der Waals surface area contributed by atoms with E-state index >= 15 is 0 Å². The van der Waals surface area contributed by atoms with Crippen LogP contribution >= 0.6 is 0 Å². The normalized spacial score (nSPS) is 11.0. The highest BCUT2D eigenvalue weighted by Gasteiger charge is 2.07. The molecule has 0 aliphatic carbocycles. The highest BCUT2D eigenvalue weighted by molar-refractivity contribution is 5.91. The lowest BCUT2D eigenvalue weighted by Crippen LogP contribution is -2.19. The molecule has 0 spiro atoms. The Morgan fingerprint density at radius 1 is 1.19 bits per heavy atom. The van der Waals surface area contributed by atoms with Crippen LogP contribution in [0.2, 0.25) is 0 Å². The summed E-state index contributed by atoms with van der Waals surface area (Å²) in [4.78, 5) is 13.2. The molecule has 0 radical (unpaired) electrons. The van der Waals surface area contributed by atoms with Gasteiger partial charge in [-0.05, 0) is 56.6 Å². The number of halogens is 1. The molecule has 0 bridgehead atoms. The van der Waals surface area contributed by atoms with Crippen molar-refractivity contribution in [1.82, 2.24) is 10.4 Å². The van der Waals surface area contributed by atoms with Gasteiger partial charge in [0.25, 0.3) is 5.91 Å². The molecule has 2 N–H and O–H groups in total. The maximum atomic E-state index is 13.1. The minimum absolute atomic E-state index is 0.363. The molecule has 138 valence electrons. The van der Waals surface area contributed by atoms with Crippen molar-refractivity contribution < 1.29 is 23.9 Å². The number of likely N-dealkylation sites (N-methyl/N-ethyl adjacent to an activating group) is 1.